The molecule has 2 aromatic rings. The van der Waals surface area contributed by atoms with Gasteiger partial charge in [0.2, 0.25) is 0 Å². The van der Waals surface area contributed by atoms with E-state index < -0.39 is 5.97 Å². The van der Waals surface area contributed by atoms with Crippen molar-refractivity contribution in [2.24, 2.45) is 5.10 Å². The molecule has 0 aliphatic heterocycles. The molecule has 0 saturated heterocycles. The van der Waals surface area contributed by atoms with Gasteiger partial charge in [0.15, 0.2) is 18.1 Å². The Kier molecular flexibility index (Phi) is 7.56. The molecule has 0 unspecified atom stereocenters. The molecule has 2 aromatic carbocycles. The third-order valence-corrected chi connectivity index (χ3v) is 3.56. The molecule has 7 nitrogen and oxygen atoms in total. The summed E-state index contributed by atoms with van der Waals surface area (Å²) in [4.78, 5) is 23.7. The molecule has 2 rings (SSSR count). The number of hydrogen-bond donors (Lipinski definition) is 1. The van der Waals surface area contributed by atoms with Crippen LogP contribution in [-0.4, -0.2) is 37.9 Å². The van der Waals surface area contributed by atoms with Crippen LogP contribution >= 0.6 is 0 Å². The zero-order valence-corrected chi connectivity index (χ0v) is 16.4. The van der Waals surface area contributed by atoms with E-state index in [0.717, 1.165) is 5.56 Å². The average Bonchev–Trinajstić information content (AvgIpc) is 2.66. The number of amides is 1. The van der Waals surface area contributed by atoms with Gasteiger partial charge in [0.1, 0.15) is 0 Å². The van der Waals surface area contributed by atoms with Crippen LogP contribution in [-0.2, 0) is 9.53 Å². The van der Waals surface area contributed by atoms with E-state index in [9.17, 15) is 9.59 Å². The number of rotatable bonds is 8. The first kappa shape index (κ1) is 21.0. The lowest BCUT2D eigenvalue weighted by Crippen LogP contribution is -2.19. The van der Waals surface area contributed by atoms with Gasteiger partial charge in [-0.05, 0) is 56.7 Å². The number of methoxy groups -OCH3 is 1. The van der Waals surface area contributed by atoms with E-state index >= 15 is 0 Å². The zero-order chi connectivity index (χ0) is 20.5. The second-order valence-corrected chi connectivity index (χ2v) is 6.31. The standard InChI is InChI=1S/C21H24N2O5/c1-14(2)28-20(24)13-27-18-9-8-16(11-19(18)26-4)12-22-23-21(25)17-7-5-6-15(3)10-17/h5-12,14H,13H2,1-4H3,(H,23,25)/b22-12+. The van der Waals surface area contributed by atoms with Gasteiger partial charge in [-0.15, -0.1) is 0 Å². The summed E-state index contributed by atoms with van der Waals surface area (Å²) in [6.07, 6.45) is 1.29. The third-order valence-electron chi connectivity index (χ3n) is 3.56. The summed E-state index contributed by atoms with van der Waals surface area (Å²) in [6.45, 7) is 5.24. The number of ether oxygens (including phenoxy) is 3. The molecule has 0 atom stereocenters. The predicted molar refractivity (Wildman–Crippen MR) is 106 cm³/mol. The number of hydrogen-bond acceptors (Lipinski definition) is 6. The van der Waals surface area contributed by atoms with Crippen molar-refractivity contribution in [3.8, 4) is 11.5 Å². The van der Waals surface area contributed by atoms with Crippen molar-refractivity contribution >= 4 is 18.1 Å². The molecular weight excluding hydrogens is 360 g/mol. The summed E-state index contributed by atoms with van der Waals surface area (Å²) >= 11 is 0. The molecule has 0 spiro atoms. The number of carbonyl (C=O) groups is 2. The quantitative estimate of drug-likeness (QED) is 0.429. The molecule has 0 aliphatic carbocycles. The van der Waals surface area contributed by atoms with E-state index in [0.29, 0.717) is 22.6 Å². The Labute approximate surface area is 164 Å². The predicted octanol–water partition coefficient (Wildman–Crippen LogP) is 3.10. The summed E-state index contributed by atoms with van der Waals surface area (Å²) in [5.74, 6) is 0.0903. The van der Waals surface area contributed by atoms with Crippen LogP contribution in [0.15, 0.2) is 47.6 Å². The Balaban J connectivity index is 1.98. The minimum Gasteiger partial charge on any atom is -0.493 e. The summed E-state index contributed by atoms with van der Waals surface area (Å²) in [5.41, 5.74) is 4.70. The molecular formula is C21H24N2O5. The second kappa shape index (κ2) is 10.1. The van der Waals surface area contributed by atoms with Crippen LogP contribution in [0.1, 0.15) is 35.3 Å². The molecule has 148 valence electrons. The van der Waals surface area contributed by atoms with Crippen molar-refractivity contribution in [3.05, 3.63) is 59.2 Å². The topological polar surface area (TPSA) is 86.2 Å². The van der Waals surface area contributed by atoms with Crippen molar-refractivity contribution in [3.63, 3.8) is 0 Å². The Hall–Kier alpha value is -3.35. The van der Waals surface area contributed by atoms with Crippen molar-refractivity contribution in [2.75, 3.05) is 13.7 Å². The second-order valence-electron chi connectivity index (χ2n) is 6.31. The van der Waals surface area contributed by atoms with Gasteiger partial charge in [-0.1, -0.05) is 17.7 Å². The van der Waals surface area contributed by atoms with Gasteiger partial charge >= 0.3 is 5.97 Å². The van der Waals surface area contributed by atoms with Gasteiger partial charge in [-0.25, -0.2) is 10.2 Å². The van der Waals surface area contributed by atoms with E-state index in [4.69, 9.17) is 14.2 Å². The lowest BCUT2D eigenvalue weighted by Gasteiger charge is -2.12. The Morgan fingerprint density at radius 1 is 1.14 bits per heavy atom. The number of benzene rings is 2. The molecule has 7 heteroatoms. The lowest BCUT2D eigenvalue weighted by molar-refractivity contribution is -0.149. The Morgan fingerprint density at radius 2 is 1.93 bits per heavy atom. The molecule has 0 aliphatic rings. The number of nitrogens with zero attached hydrogens (tertiary/aromatic N) is 1. The van der Waals surface area contributed by atoms with Crippen molar-refractivity contribution in [2.45, 2.75) is 26.9 Å². The normalized spacial score (nSPS) is 10.8. The smallest absolute Gasteiger partial charge is 0.344 e. The van der Waals surface area contributed by atoms with Crippen LogP contribution in [0.2, 0.25) is 0 Å². The Morgan fingerprint density at radius 3 is 2.61 bits per heavy atom. The maximum atomic E-state index is 12.1. The Bertz CT molecular complexity index is 862. The fourth-order valence-corrected chi connectivity index (χ4v) is 2.33. The van der Waals surface area contributed by atoms with Gasteiger partial charge < -0.3 is 14.2 Å². The van der Waals surface area contributed by atoms with E-state index in [1.165, 1.54) is 13.3 Å². The molecule has 1 N–H and O–H groups in total. The molecule has 0 radical (unpaired) electrons. The van der Waals surface area contributed by atoms with E-state index in [-0.39, 0.29) is 18.6 Å². The molecule has 0 aromatic heterocycles. The van der Waals surface area contributed by atoms with Gasteiger partial charge in [0.25, 0.3) is 5.91 Å². The fraction of sp³-hybridized carbons (Fsp3) is 0.286. The monoisotopic (exact) mass is 384 g/mol. The molecule has 0 saturated carbocycles. The average molecular weight is 384 g/mol. The van der Waals surface area contributed by atoms with Crippen molar-refractivity contribution < 1.29 is 23.8 Å². The van der Waals surface area contributed by atoms with Crippen molar-refractivity contribution in [1.82, 2.24) is 5.43 Å². The number of nitrogens with one attached hydrogen (secondary N) is 1. The van der Waals surface area contributed by atoms with E-state index in [1.807, 2.05) is 19.1 Å². The molecule has 0 fully saturated rings. The van der Waals surface area contributed by atoms with Gasteiger partial charge in [0, 0.05) is 5.56 Å². The van der Waals surface area contributed by atoms with Gasteiger partial charge in [0.05, 0.1) is 19.4 Å². The van der Waals surface area contributed by atoms with Gasteiger partial charge in [-0.2, -0.15) is 5.10 Å². The van der Waals surface area contributed by atoms with E-state index in [1.54, 1.807) is 44.2 Å². The summed E-state index contributed by atoms with van der Waals surface area (Å²) in [7, 11) is 1.50. The molecule has 0 heterocycles. The van der Waals surface area contributed by atoms with Crippen LogP contribution in [0, 0.1) is 6.92 Å². The summed E-state index contributed by atoms with van der Waals surface area (Å²) < 4.78 is 15.7. The minimum absolute atomic E-state index is 0.202. The summed E-state index contributed by atoms with van der Waals surface area (Å²) in [6, 6.07) is 12.3. The first-order chi connectivity index (χ1) is 13.4. The number of carbonyl (C=O) groups excluding carboxylic acids is 2. The van der Waals surface area contributed by atoms with E-state index in [2.05, 4.69) is 10.5 Å². The van der Waals surface area contributed by atoms with Crippen LogP contribution in [0.5, 0.6) is 11.5 Å². The zero-order valence-electron chi connectivity index (χ0n) is 16.4. The highest BCUT2D eigenvalue weighted by molar-refractivity contribution is 5.95. The van der Waals surface area contributed by atoms with Crippen molar-refractivity contribution in [1.29, 1.82) is 0 Å². The van der Waals surface area contributed by atoms with Gasteiger partial charge in [-0.3, -0.25) is 4.79 Å². The maximum Gasteiger partial charge on any atom is 0.344 e. The molecule has 1 amide bonds. The molecule has 28 heavy (non-hydrogen) atoms. The SMILES string of the molecule is COc1cc(/C=N/NC(=O)c2cccc(C)c2)ccc1OCC(=O)OC(C)C. The van der Waals surface area contributed by atoms with Crippen LogP contribution in [0.25, 0.3) is 0 Å². The highest BCUT2D eigenvalue weighted by Crippen LogP contribution is 2.27. The first-order valence-electron chi connectivity index (χ1n) is 8.79. The first-order valence-corrected chi connectivity index (χ1v) is 8.79. The number of esters is 1. The summed E-state index contributed by atoms with van der Waals surface area (Å²) in [5, 5.41) is 3.96. The molecule has 0 bridgehead atoms. The van der Waals surface area contributed by atoms with Crippen LogP contribution in [0.4, 0.5) is 0 Å². The minimum atomic E-state index is -0.457. The lowest BCUT2D eigenvalue weighted by atomic mass is 10.1. The van der Waals surface area contributed by atoms with Crippen LogP contribution < -0.4 is 14.9 Å². The third kappa shape index (κ3) is 6.42. The number of hydrazone groups is 1. The fourth-order valence-electron chi connectivity index (χ4n) is 2.33. The number of aryl methyl sites for hydroxylation is 1. The largest absolute Gasteiger partial charge is 0.493 e. The van der Waals surface area contributed by atoms with Crippen LogP contribution in [0.3, 0.4) is 0 Å². The highest BCUT2D eigenvalue weighted by atomic mass is 16.6. The maximum absolute atomic E-state index is 12.1. The highest BCUT2D eigenvalue weighted by Gasteiger charge is 2.10.